The minimum atomic E-state index is 0.564. The molecule has 1 aliphatic heterocycles. The van der Waals surface area contributed by atoms with Crippen LogP contribution in [0.15, 0.2) is 42.6 Å². The maximum Gasteiger partial charge on any atom is 0.0675 e. The molecule has 0 spiro atoms. The van der Waals surface area contributed by atoms with Crippen LogP contribution in [0, 0.1) is 0 Å². The van der Waals surface area contributed by atoms with E-state index in [4.69, 9.17) is 11.6 Å². The highest BCUT2D eigenvalue weighted by Gasteiger charge is 2.28. The quantitative estimate of drug-likeness (QED) is 0.678. The molecule has 1 aliphatic rings. The Hall–Kier alpha value is -1.84. The fraction of sp³-hybridized carbons (Fsp3) is 0.381. The zero-order valence-corrected chi connectivity index (χ0v) is 15.6. The lowest BCUT2D eigenvalue weighted by atomic mass is 9.99. The minimum absolute atomic E-state index is 0.564. The Kier molecular flexibility index (Phi) is 4.53. The van der Waals surface area contributed by atoms with Crippen LogP contribution in [0.4, 0.5) is 0 Å². The van der Waals surface area contributed by atoms with Gasteiger partial charge in [-0.25, -0.2) is 0 Å². The lowest BCUT2D eigenvalue weighted by Gasteiger charge is -2.33. The lowest BCUT2D eigenvalue weighted by Crippen LogP contribution is -2.38. The van der Waals surface area contributed by atoms with Crippen molar-refractivity contribution >= 4 is 22.5 Å². The van der Waals surface area contributed by atoms with Crippen molar-refractivity contribution < 1.29 is 0 Å². The fourth-order valence-corrected chi connectivity index (χ4v) is 4.38. The van der Waals surface area contributed by atoms with Crippen LogP contribution in [0.1, 0.15) is 30.8 Å². The van der Waals surface area contributed by atoms with Crippen LogP contribution < -0.4 is 0 Å². The summed E-state index contributed by atoms with van der Waals surface area (Å²) in [4.78, 5) is 7.03. The number of para-hydroxylation sites is 1. The largest absolute Gasteiger partial charge is 0.343 e. The number of nitrogens with zero attached hydrogens (tertiary/aromatic N) is 3. The maximum absolute atomic E-state index is 6.62. The van der Waals surface area contributed by atoms with Gasteiger partial charge in [0, 0.05) is 54.9 Å². The first-order valence-corrected chi connectivity index (χ1v) is 9.49. The normalized spacial score (nSPS) is 17.8. The third-order valence-electron chi connectivity index (χ3n) is 5.45. The molecule has 0 N–H and O–H groups in total. The van der Waals surface area contributed by atoms with Crippen molar-refractivity contribution in [2.24, 2.45) is 0 Å². The number of hydrogen-bond donors (Lipinski definition) is 0. The van der Waals surface area contributed by atoms with Crippen LogP contribution in [0.3, 0.4) is 0 Å². The van der Waals surface area contributed by atoms with Crippen LogP contribution in [0.2, 0.25) is 5.02 Å². The van der Waals surface area contributed by atoms with Crippen molar-refractivity contribution in [1.29, 1.82) is 0 Å². The van der Waals surface area contributed by atoms with Crippen LogP contribution in [0.25, 0.3) is 10.9 Å². The number of aromatic nitrogens is 2. The summed E-state index contributed by atoms with van der Waals surface area (Å²) in [6.07, 6.45) is 3.87. The van der Waals surface area contributed by atoms with Crippen molar-refractivity contribution in [2.75, 3.05) is 6.54 Å². The molecule has 0 fully saturated rings. The van der Waals surface area contributed by atoms with Crippen molar-refractivity contribution in [3.05, 3.63) is 64.6 Å². The molecule has 1 unspecified atom stereocenters. The van der Waals surface area contributed by atoms with E-state index in [9.17, 15) is 0 Å². The smallest absolute Gasteiger partial charge is 0.0675 e. The number of fused-ring (bicyclic) bond motifs is 3. The minimum Gasteiger partial charge on any atom is -0.343 e. The molecule has 130 valence electrons. The lowest BCUT2D eigenvalue weighted by molar-refractivity contribution is 0.192. The van der Waals surface area contributed by atoms with Gasteiger partial charge in [-0.2, -0.15) is 0 Å². The second-order valence-corrected chi connectivity index (χ2v) is 7.31. The van der Waals surface area contributed by atoms with Gasteiger partial charge in [0.05, 0.1) is 10.5 Å². The van der Waals surface area contributed by atoms with Gasteiger partial charge in [-0.15, -0.1) is 0 Å². The highest BCUT2D eigenvalue weighted by Crippen LogP contribution is 2.36. The van der Waals surface area contributed by atoms with Gasteiger partial charge < -0.3 is 4.57 Å². The van der Waals surface area contributed by atoms with E-state index in [1.54, 1.807) is 0 Å². The van der Waals surface area contributed by atoms with Crippen LogP contribution in [0.5, 0.6) is 0 Å². The van der Waals surface area contributed by atoms with E-state index in [-0.39, 0.29) is 0 Å². The highest BCUT2D eigenvalue weighted by atomic mass is 35.5. The third kappa shape index (κ3) is 2.96. The zero-order chi connectivity index (χ0) is 17.4. The van der Waals surface area contributed by atoms with Gasteiger partial charge in [-0.3, -0.25) is 9.88 Å². The van der Waals surface area contributed by atoms with Gasteiger partial charge in [-0.1, -0.05) is 36.7 Å². The van der Waals surface area contributed by atoms with Gasteiger partial charge in [0.25, 0.3) is 0 Å². The SMILES string of the molecule is CCN1Cc2c(n(CCc3ccccn3)c3c(Cl)cccc23)CC1C. The van der Waals surface area contributed by atoms with E-state index < -0.39 is 0 Å². The molecule has 1 atom stereocenters. The molecule has 1 aromatic carbocycles. The molecule has 2 aromatic heterocycles. The number of hydrogen-bond acceptors (Lipinski definition) is 2. The Morgan fingerprint density at radius 1 is 1.20 bits per heavy atom. The first kappa shape index (κ1) is 16.6. The number of benzene rings is 1. The molecule has 0 saturated heterocycles. The van der Waals surface area contributed by atoms with Gasteiger partial charge in [0.1, 0.15) is 0 Å². The second-order valence-electron chi connectivity index (χ2n) is 6.90. The van der Waals surface area contributed by atoms with E-state index in [1.165, 1.54) is 22.2 Å². The Bertz CT molecular complexity index is 885. The number of pyridine rings is 1. The van der Waals surface area contributed by atoms with Crippen molar-refractivity contribution in [1.82, 2.24) is 14.5 Å². The van der Waals surface area contributed by atoms with Crippen molar-refractivity contribution in [3.8, 4) is 0 Å². The number of aryl methyl sites for hydroxylation is 2. The van der Waals surface area contributed by atoms with Gasteiger partial charge in [-0.05, 0) is 37.2 Å². The predicted molar refractivity (Wildman–Crippen MR) is 104 cm³/mol. The van der Waals surface area contributed by atoms with Crippen LogP contribution in [-0.2, 0) is 25.9 Å². The number of halogens is 1. The molecule has 0 amide bonds. The maximum atomic E-state index is 6.62. The summed E-state index contributed by atoms with van der Waals surface area (Å²) in [5, 5.41) is 2.16. The van der Waals surface area contributed by atoms with E-state index in [0.717, 1.165) is 43.2 Å². The van der Waals surface area contributed by atoms with E-state index in [0.29, 0.717) is 6.04 Å². The average molecular weight is 354 g/mol. The molecule has 4 heteroatoms. The third-order valence-corrected chi connectivity index (χ3v) is 5.76. The molecule has 3 nitrogen and oxygen atoms in total. The van der Waals surface area contributed by atoms with Crippen LogP contribution >= 0.6 is 11.6 Å². The summed E-state index contributed by atoms with van der Waals surface area (Å²) >= 11 is 6.62. The first-order chi connectivity index (χ1) is 12.2. The van der Waals surface area contributed by atoms with Gasteiger partial charge in [0.2, 0.25) is 0 Å². The number of likely N-dealkylation sites (N-methyl/N-ethyl adjacent to an activating group) is 1. The number of rotatable bonds is 4. The topological polar surface area (TPSA) is 21.1 Å². The Morgan fingerprint density at radius 3 is 2.84 bits per heavy atom. The Labute approximate surface area is 154 Å². The van der Waals surface area contributed by atoms with E-state index in [2.05, 4.69) is 52.6 Å². The average Bonchev–Trinajstić information content (AvgIpc) is 2.94. The van der Waals surface area contributed by atoms with E-state index >= 15 is 0 Å². The molecular formula is C21H24ClN3. The standard InChI is InChI=1S/C21H24ClN3/c1-3-24-14-18-17-8-6-9-19(22)21(17)25(20(18)13-15(24)2)12-10-16-7-4-5-11-23-16/h4-9,11,15H,3,10,12-14H2,1-2H3. The Balaban J connectivity index is 1.79. The fourth-order valence-electron chi connectivity index (χ4n) is 4.11. The molecule has 0 bridgehead atoms. The molecule has 25 heavy (non-hydrogen) atoms. The van der Waals surface area contributed by atoms with Crippen molar-refractivity contribution in [2.45, 2.75) is 45.8 Å². The monoisotopic (exact) mass is 353 g/mol. The predicted octanol–water partition coefficient (Wildman–Crippen LogP) is 4.70. The van der Waals surface area contributed by atoms with Crippen LogP contribution in [-0.4, -0.2) is 27.0 Å². The summed E-state index contributed by atoms with van der Waals surface area (Å²) in [7, 11) is 0. The summed E-state index contributed by atoms with van der Waals surface area (Å²) in [5.41, 5.74) is 5.23. The highest BCUT2D eigenvalue weighted by molar-refractivity contribution is 6.35. The molecular weight excluding hydrogens is 330 g/mol. The molecule has 0 radical (unpaired) electrons. The Morgan fingerprint density at radius 2 is 2.08 bits per heavy atom. The molecule has 0 aliphatic carbocycles. The summed E-state index contributed by atoms with van der Waals surface area (Å²) in [5.74, 6) is 0. The summed E-state index contributed by atoms with van der Waals surface area (Å²) in [6, 6.07) is 13.0. The first-order valence-electron chi connectivity index (χ1n) is 9.11. The molecule has 3 aromatic rings. The molecule has 0 saturated carbocycles. The van der Waals surface area contributed by atoms with Gasteiger partial charge in [0.15, 0.2) is 0 Å². The summed E-state index contributed by atoms with van der Waals surface area (Å²) < 4.78 is 2.45. The molecule has 4 rings (SSSR count). The summed E-state index contributed by atoms with van der Waals surface area (Å²) in [6.45, 7) is 7.59. The zero-order valence-electron chi connectivity index (χ0n) is 14.9. The molecule has 3 heterocycles. The van der Waals surface area contributed by atoms with E-state index in [1.807, 2.05) is 18.3 Å². The van der Waals surface area contributed by atoms with Crippen molar-refractivity contribution in [3.63, 3.8) is 0 Å². The van der Waals surface area contributed by atoms with Gasteiger partial charge >= 0.3 is 0 Å². The second kappa shape index (κ2) is 6.81.